The van der Waals surface area contributed by atoms with E-state index in [4.69, 9.17) is 27.9 Å². The van der Waals surface area contributed by atoms with Gasteiger partial charge in [-0.1, -0.05) is 29.3 Å². The van der Waals surface area contributed by atoms with Crippen LogP contribution in [0.5, 0.6) is 5.75 Å². The first kappa shape index (κ1) is 21.8. The maximum absolute atomic E-state index is 12.8. The highest BCUT2D eigenvalue weighted by Crippen LogP contribution is 2.32. The van der Waals surface area contributed by atoms with E-state index in [2.05, 4.69) is 15.4 Å². The van der Waals surface area contributed by atoms with Gasteiger partial charge in [-0.3, -0.25) is 19.3 Å². The molecule has 1 atom stereocenters. The number of ether oxygens (including phenoxy) is 1. The van der Waals surface area contributed by atoms with Crippen molar-refractivity contribution in [3.05, 3.63) is 70.2 Å². The predicted molar refractivity (Wildman–Crippen MR) is 117 cm³/mol. The Morgan fingerprint density at radius 2 is 1.81 bits per heavy atom. The van der Waals surface area contributed by atoms with Crippen LogP contribution in [0.4, 0.5) is 5.69 Å². The second-order valence-electron chi connectivity index (χ2n) is 6.99. The molecule has 32 heavy (non-hydrogen) atoms. The Bertz CT molecular complexity index is 1160. The van der Waals surface area contributed by atoms with Crippen molar-refractivity contribution in [2.75, 3.05) is 11.9 Å². The van der Waals surface area contributed by atoms with Crippen molar-refractivity contribution in [3.63, 3.8) is 0 Å². The molecule has 1 unspecified atom stereocenters. The molecule has 2 aromatic carbocycles. The van der Waals surface area contributed by atoms with Gasteiger partial charge in [0.1, 0.15) is 31.1 Å². The Morgan fingerprint density at radius 1 is 1.12 bits per heavy atom. The molecule has 2 heterocycles. The average Bonchev–Trinajstić information content (AvgIpc) is 3.36. The number of benzene rings is 2. The third kappa shape index (κ3) is 4.30. The minimum absolute atomic E-state index is 0.117. The summed E-state index contributed by atoms with van der Waals surface area (Å²) >= 11 is 11.9. The van der Waals surface area contributed by atoms with Gasteiger partial charge in [-0.05, 0) is 31.2 Å². The van der Waals surface area contributed by atoms with Crippen LogP contribution in [0.15, 0.2) is 49.1 Å². The molecule has 1 aliphatic heterocycles. The molecule has 11 heteroatoms. The number of hydrogen-bond donors (Lipinski definition) is 1. The van der Waals surface area contributed by atoms with E-state index in [1.807, 2.05) is 0 Å². The number of nitrogens with zero attached hydrogens (tertiary/aromatic N) is 4. The first-order valence-electron chi connectivity index (χ1n) is 9.58. The lowest BCUT2D eigenvalue weighted by atomic mass is 10.1. The smallest absolute Gasteiger partial charge is 0.262 e. The lowest BCUT2D eigenvalue weighted by Crippen LogP contribution is -2.45. The Hall–Kier alpha value is -3.43. The number of hydrogen-bond acceptors (Lipinski definition) is 6. The summed E-state index contributed by atoms with van der Waals surface area (Å²) in [5.41, 5.74) is 0.696. The van der Waals surface area contributed by atoms with Crippen molar-refractivity contribution in [1.82, 2.24) is 19.7 Å². The van der Waals surface area contributed by atoms with Gasteiger partial charge in [0.05, 0.1) is 27.7 Å². The molecule has 0 saturated carbocycles. The maximum Gasteiger partial charge on any atom is 0.262 e. The number of rotatable bonds is 7. The molecule has 0 aliphatic carbocycles. The van der Waals surface area contributed by atoms with Gasteiger partial charge in [-0.25, -0.2) is 9.67 Å². The van der Waals surface area contributed by atoms with Crippen molar-refractivity contribution in [3.8, 4) is 5.75 Å². The van der Waals surface area contributed by atoms with Crippen LogP contribution in [-0.2, 0) is 11.3 Å². The number of imide groups is 1. The van der Waals surface area contributed by atoms with E-state index in [0.717, 1.165) is 4.90 Å². The molecule has 4 rings (SSSR count). The number of aromatic nitrogens is 3. The second-order valence-corrected chi connectivity index (χ2v) is 7.81. The van der Waals surface area contributed by atoms with Gasteiger partial charge in [-0.2, -0.15) is 5.10 Å². The molecule has 0 saturated heterocycles. The van der Waals surface area contributed by atoms with E-state index in [9.17, 15) is 14.4 Å². The average molecular weight is 474 g/mol. The van der Waals surface area contributed by atoms with Crippen LogP contribution in [0, 0.1) is 0 Å². The van der Waals surface area contributed by atoms with E-state index in [-0.39, 0.29) is 21.2 Å². The van der Waals surface area contributed by atoms with Crippen LogP contribution in [0.1, 0.15) is 27.6 Å². The largest absolute Gasteiger partial charge is 0.492 e. The first-order valence-corrected chi connectivity index (χ1v) is 10.3. The molecule has 1 aromatic heterocycles. The summed E-state index contributed by atoms with van der Waals surface area (Å²) in [6, 6.07) is 8.41. The fourth-order valence-corrected chi connectivity index (χ4v) is 3.56. The summed E-state index contributed by atoms with van der Waals surface area (Å²) in [7, 11) is 0. The number of amides is 3. The van der Waals surface area contributed by atoms with Gasteiger partial charge in [-0.15, -0.1) is 0 Å². The number of nitrogens with one attached hydrogen (secondary N) is 1. The van der Waals surface area contributed by atoms with Crippen molar-refractivity contribution in [1.29, 1.82) is 0 Å². The standard InChI is InChI=1S/C21H17Cl2N5O4/c1-12(28-20(30)15-8-17(22)18(23)9-16(15)21(28)31)19(29)26-13-3-2-4-14(7-13)32-6-5-27-11-24-10-25-27/h2-4,7-12H,5-6H2,1H3,(H,26,29). The Morgan fingerprint density at radius 3 is 2.44 bits per heavy atom. The summed E-state index contributed by atoms with van der Waals surface area (Å²) in [6.45, 7) is 2.34. The van der Waals surface area contributed by atoms with Gasteiger partial charge < -0.3 is 10.1 Å². The number of fused-ring (bicyclic) bond motifs is 1. The molecule has 0 spiro atoms. The molecular weight excluding hydrogens is 457 g/mol. The lowest BCUT2D eigenvalue weighted by molar-refractivity contribution is -0.119. The lowest BCUT2D eigenvalue weighted by Gasteiger charge is -2.21. The minimum Gasteiger partial charge on any atom is -0.492 e. The molecule has 0 radical (unpaired) electrons. The quantitative estimate of drug-likeness (QED) is 0.527. The number of carbonyl (C=O) groups is 3. The second kappa shape index (κ2) is 8.97. The molecule has 3 aromatic rings. The third-order valence-corrected chi connectivity index (χ3v) is 5.61. The molecule has 9 nitrogen and oxygen atoms in total. The zero-order valence-electron chi connectivity index (χ0n) is 16.8. The highest BCUT2D eigenvalue weighted by Gasteiger charge is 2.41. The topological polar surface area (TPSA) is 106 Å². The van der Waals surface area contributed by atoms with Crippen LogP contribution in [0.2, 0.25) is 10.0 Å². The number of carbonyl (C=O) groups excluding carboxylic acids is 3. The molecule has 1 aliphatic rings. The summed E-state index contributed by atoms with van der Waals surface area (Å²) in [5.74, 6) is -1.19. The van der Waals surface area contributed by atoms with E-state index in [1.54, 1.807) is 35.3 Å². The van der Waals surface area contributed by atoms with E-state index in [0.29, 0.717) is 24.6 Å². The maximum atomic E-state index is 12.8. The Kier molecular flexibility index (Phi) is 6.11. The van der Waals surface area contributed by atoms with Crippen LogP contribution >= 0.6 is 23.2 Å². The van der Waals surface area contributed by atoms with Gasteiger partial charge in [0.25, 0.3) is 11.8 Å². The predicted octanol–water partition coefficient (Wildman–Crippen LogP) is 3.29. The third-order valence-electron chi connectivity index (χ3n) is 4.88. The molecular formula is C21H17Cl2N5O4. The SMILES string of the molecule is CC(C(=O)Nc1cccc(OCCn2cncn2)c1)N1C(=O)c2cc(Cl)c(Cl)cc2C1=O. The van der Waals surface area contributed by atoms with E-state index < -0.39 is 23.8 Å². The van der Waals surface area contributed by atoms with Crippen molar-refractivity contribution in [2.45, 2.75) is 19.5 Å². The zero-order chi connectivity index (χ0) is 22.8. The van der Waals surface area contributed by atoms with E-state index in [1.165, 1.54) is 25.4 Å². The summed E-state index contributed by atoms with van der Waals surface area (Å²) < 4.78 is 7.31. The Labute approximate surface area is 192 Å². The monoisotopic (exact) mass is 473 g/mol. The van der Waals surface area contributed by atoms with Crippen molar-refractivity contribution >= 4 is 46.6 Å². The summed E-state index contributed by atoms with van der Waals surface area (Å²) in [6.07, 6.45) is 3.03. The van der Waals surface area contributed by atoms with Crippen LogP contribution in [0.3, 0.4) is 0 Å². The molecule has 1 N–H and O–H groups in total. The fraction of sp³-hybridized carbons (Fsp3) is 0.190. The van der Waals surface area contributed by atoms with Crippen LogP contribution < -0.4 is 10.1 Å². The number of anilines is 1. The van der Waals surface area contributed by atoms with Gasteiger partial charge in [0, 0.05) is 11.8 Å². The highest BCUT2D eigenvalue weighted by molar-refractivity contribution is 6.43. The van der Waals surface area contributed by atoms with Crippen molar-refractivity contribution < 1.29 is 19.1 Å². The first-order chi connectivity index (χ1) is 15.3. The number of halogens is 2. The van der Waals surface area contributed by atoms with Gasteiger partial charge in [0.15, 0.2) is 0 Å². The molecule has 3 amide bonds. The van der Waals surface area contributed by atoms with Gasteiger partial charge >= 0.3 is 0 Å². The normalized spacial score (nSPS) is 13.8. The summed E-state index contributed by atoms with van der Waals surface area (Å²) in [5, 5.41) is 7.02. The van der Waals surface area contributed by atoms with Gasteiger partial charge in [0.2, 0.25) is 5.91 Å². The molecule has 0 fully saturated rings. The highest BCUT2D eigenvalue weighted by atomic mass is 35.5. The Balaban J connectivity index is 1.41. The molecule has 164 valence electrons. The van der Waals surface area contributed by atoms with E-state index >= 15 is 0 Å². The fourth-order valence-electron chi connectivity index (χ4n) is 3.24. The van der Waals surface area contributed by atoms with Crippen LogP contribution in [-0.4, -0.2) is 50.0 Å². The zero-order valence-corrected chi connectivity index (χ0v) is 18.3. The summed E-state index contributed by atoms with van der Waals surface area (Å²) in [4.78, 5) is 43.0. The van der Waals surface area contributed by atoms with Crippen molar-refractivity contribution in [2.24, 2.45) is 0 Å². The molecule has 0 bridgehead atoms. The van der Waals surface area contributed by atoms with Crippen LogP contribution in [0.25, 0.3) is 0 Å². The minimum atomic E-state index is -1.06.